The van der Waals surface area contributed by atoms with Crippen LogP contribution in [0.15, 0.2) is 0 Å². The van der Waals surface area contributed by atoms with Crippen molar-refractivity contribution < 1.29 is 14.3 Å². The first-order valence-corrected chi connectivity index (χ1v) is 4.24. The van der Waals surface area contributed by atoms with Gasteiger partial charge in [0.05, 0.1) is 13.7 Å². The SMILES string of the molecule is COC(=O)OCC1CCNCC1. The first kappa shape index (κ1) is 9.32. The minimum atomic E-state index is -0.575. The van der Waals surface area contributed by atoms with E-state index in [2.05, 4.69) is 10.1 Å². The van der Waals surface area contributed by atoms with Crippen molar-refractivity contribution in [3.8, 4) is 0 Å². The van der Waals surface area contributed by atoms with Gasteiger partial charge < -0.3 is 14.8 Å². The fourth-order valence-corrected chi connectivity index (χ4v) is 1.29. The normalized spacial score (nSPS) is 18.8. The summed E-state index contributed by atoms with van der Waals surface area (Å²) in [5.41, 5.74) is 0. The van der Waals surface area contributed by atoms with Crippen molar-refractivity contribution in [1.29, 1.82) is 0 Å². The molecule has 0 aromatic carbocycles. The molecule has 12 heavy (non-hydrogen) atoms. The number of nitrogens with one attached hydrogen (secondary N) is 1. The van der Waals surface area contributed by atoms with Crippen LogP contribution in [0.2, 0.25) is 0 Å². The maximum Gasteiger partial charge on any atom is 0.507 e. The second-order valence-corrected chi connectivity index (χ2v) is 2.96. The van der Waals surface area contributed by atoms with Crippen LogP contribution in [0.4, 0.5) is 4.79 Å². The Hall–Kier alpha value is -0.770. The summed E-state index contributed by atoms with van der Waals surface area (Å²) < 4.78 is 9.21. The van der Waals surface area contributed by atoms with E-state index in [9.17, 15) is 4.79 Å². The minimum absolute atomic E-state index is 0.494. The van der Waals surface area contributed by atoms with Gasteiger partial charge in [-0.3, -0.25) is 0 Å². The summed E-state index contributed by atoms with van der Waals surface area (Å²) in [5, 5.41) is 3.24. The molecule has 1 aliphatic rings. The van der Waals surface area contributed by atoms with Crippen molar-refractivity contribution in [2.75, 3.05) is 26.8 Å². The fourth-order valence-electron chi connectivity index (χ4n) is 1.29. The minimum Gasteiger partial charge on any atom is -0.438 e. The van der Waals surface area contributed by atoms with Gasteiger partial charge >= 0.3 is 6.16 Å². The van der Waals surface area contributed by atoms with Gasteiger partial charge in [-0.1, -0.05) is 0 Å². The molecule has 0 aromatic rings. The lowest BCUT2D eigenvalue weighted by molar-refractivity contribution is 0.0555. The second-order valence-electron chi connectivity index (χ2n) is 2.96. The number of carbonyl (C=O) groups excluding carboxylic acids is 1. The van der Waals surface area contributed by atoms with Gasteiger partial charge in [0.25, 0.3) is 0 Å². The summed E-state index contributed by atoms with van der Waals surface area (Å²) in [4.78, 5) is 10.6. The molecule has 0 spiro atoms. The van der Waals surface area contributed by atoms with Crippen molar-refractivity contribution >= 4 is 6.16 Å². The van der Waals surface area contributed by atoms with E-state index in [-0.39, 0.29) is 0 Å². The Morgan fingerprint density at radius 2 is 2.17 bits per heavy atom. The Balaban J connectivity index is 2.09. The first-order valence-electron chi connectivity index (χ1n) is 4.24. The molecule has 70 valence electrons. The van der Waals surface area contributed by atoms with Crippen molar-refractivity contribution in [1.82, 2.24) is 5.32 Å². The Bertz CT molecular complexity index is 143. The number of methoxy groups -OCH3 is 1. The molecule has 0 atom stereocenters. The van der Waals surface area contributed by atoms with Gasteiger partial charge in [0, 0.05) is 0 Å². The van der Waals surface area contributed by atoms with Gasteiger partial charge in [-0.05, 0) is 31.8 Å². The van der Waals surface area contributed by atoms with Crippen molar-refractivity contribution in [2.45, 2.75) is 12.8 Å². The lowest BCUT2D eigenvalue weighted by atomic mass is 9.99. The monoisotopic (exact) mass is 173 g/mol. The van der Waals surface area contributed by atoms with Crippen LogP contribution in [0.5, 0.6) is 0 Å². The van der Waals surface area contributed by atoms with Crippen LogP contribution < -0.4 is 5.32 Å². The molecule has 1 fully saturated rings. The van der Waals surface area contributed by atoms with Gasteiger partial charge in [-0.15, -0.1) is 0 Å². The Morgan fingerprint density at radius 3 is 2.75 bits per heavy atom. The van der Waals surface area contributed by atoms with Crippen LogP contribution in [-0.4, -0.2) is 33.0 Å². The summed E-state index contributed by atoms with van der Waals surface area (Å²) in [6, 6.07) is 0. The van der Waals surface area contributed by atoms with Crippen LogP contribution in [0.1, 0.15) is 12.8 Å². The zero-order chi connectivity index (χ0) is 8.81. The van der Waals surface area contributed by atoms with Crippen LogP contribution in [0, 0.1) is 5.92 Å². The van der Waals surface area contributed by atoms with E-state index in [0.717, 1.165) is 25.9 Å². The van der Waals surface area contributed by atoms with Crippen LogP contribution >= 0.6 is 0 Å². The number of ether oxygens (including phenoxy) is 2. The van der Waals surface area contributed by atoms with Crippen LogP contribution in [0.25, 0.3) is 0 Å². The van der Waals surface area contributed by atoms with E-state index in [1.807, 2.05) is 0 Å². The van der Waals surface area contributed by atoms with Gasteiger partial charge in [0.15, 0.2) is 0 Å². The number of hydrogen-bond acceptors (Lipinski definition) is 4. The highest BCUT2D eigenvalue weighted by Gasteiger charge is 2.14. The van der Waals surface area contributed by atoms with Crippen LogP contribution in [0.3, 0.4) is 0 Å². The summed E-state index contributed by atoms with van der Waals surface area (Å²) in [6.07, 6.45) is 1.59. The number of hydrogen-bond donors (Lipinski definition) is 1. The quantitative estimate of drug-likeness (QED) is 0.626. The molecule has 4 nitrogen and oxygen atoms in total. The average molecular weight is 173 g/mol. The third kappa shape index (κ3) is 3.09. The molecule has 0 saturated carbocycles. The fraction of sp³-hybridized carbons (Fsp3) is 0.875. The average Bonchev–Trinajstić information content (AvgIpc) is 2.16. The van der Waals surface area contributed by atoms with E-state index in [1.165, 1.54) is 7.11 Å². The molecule has 0 bridgehead atoms. The highest BCUT2D eigenvalue weighted by Crippen LogP contribution is 2.11. The highest BCUT2D eigenvalue weighted by molar-refractivity contribution is 5.59. The summed E-state index contributed by atoms with van der Waals surface area (Å²) >= 11 is 0. The molecule has 1 N–H and O–H groups in total. The summed E-state index contributed by atoms with van der Waals surface area (Å²) in [6.45, 7) is 2.54. The highest BCUT2D eigenvalue weighted by atomic mass is 16.7. The first-order chi connectivity index (χ1) is 5.83. The molecule has 1 rings (SSSR count). The molecular weight excluding hydrogens is 158 g/mol. The zero-order valence-electron chi connectivity index (χ0n) is 7.34. The molecule has 0 amide bonds. The third-order valence-corrected chi connectivity index (χ3v) is 2.06. The predicted molar refractivity (Wildman–Crippen MR) is 44.0 cm³/mol. The predicted octanol–water partition coefficient (Wildman–Crippen LogP) is 0.769. The molecule has 1 aliphatic heterocycles. The molecule has 4 heteroatoms. The molecule has 0 radical (unpaired) electrons. The summed E-state index contributed by atoms with van der Waals surface area (Å²) in [5.74, 6) is 0.505. The van der Waals surface area contributed by atoms with Gasteiger partial charge in [0.1, 0.15) is 0 Å². The van der Waals surface area contributed by atoms with Gasteiger partial charge in [-0.2, -0.15) is 0 Å². The molecule has 1 heterocycles. The third-order valence-electron chi connectivity index (χ3n) is 2.06. The molecular formula is C8H15NO3. The Kier molecular flexibility index (Phi) is 3.87. The smallest absolute Gasteiger partial charge is 0.438 e. The van der Waals surface area contributed by atoms with E-state index >= 15 is 0 Å². The largest absolute Gasteiger partial charge is 0.507 e. The van der Waals surface area contributed by atoms with Crippen LogP contribution in [-0.2, 0) is 9.47 Å². The van der Waals surface area contributed by atoms with Gasteiger partial charge in [-0.25, -0.2) is 4.79 Å². The number of piperidine rings is 1. The maximum atomic E-state index is 10.6. The molecule has 0 aromatic heterocycles. The zero-order valence-corrected chi connectivity index (χ0v) is 7.34. The van der Waals surface area contributed by atoms with E-state index in [4.69, 9.17) is 4.74 Å². The Morgan fingerprint density at radius 1 is 1.50 bits per heavy atom. The lowest BCUT2D eigenvalue weighted by Gasteiger charge is -2.21. The summed E-state index contributed by atoms with van der Waals surface area (Å²) in [7, 11) is 1.32. The topological polar surface area (TPSA) is 47.6 Å². The Labute approximate surface area is 72.2 Å². The number of rotatable bonds is 2. The van der Waals surface area contributed by atoms with E-state index in [1.54, 1.807) is 0 Å². The van der Waals surface area contributed by atoms with Crippen molar-refractivity contribution in [3.63, 3.8) is 0 Å². The van der Waals surface area contributed by atoms with Crippen molar-refractivity contribution in [2.24, 2.45) is 5.92 Å². The van der Waals surface area contributed by atoms with Gasteiger partial charge in [0.2, 0.25) is 0 Å². The number of carbonyl (C=O) groups is 1. The van der Waals surface area contributed by atoms with E-state index < -0.39 is 6.16 Å². The molecule has 1 saturated heterocycles. The van der Waals surface area contributed by atoms with E-state index in [0.29, 0.717) is 12.5 Å². The molecule has 0 aliphatic carbocycles. The van der Waals surface area contributed by atoms with Crippen molar-refractivity contribution in [3.05, 3.63) is 0 Å². The maximum absolute atomic E-state index is 10.6. The standard InChI is InChI=1S/C8H15NO3/c1-11-8(10)12-6-7-2-4-9-5-3-7/h7,9H,2-6H2,1H3. The lowest BCUT2D eigenvalue weighted by Crippen LogP contribution is -2.30. The second kappa shape index (κ2) is 4.98. The molecule has 0 unspecified atom stereocenters.